The van der Waals surface area contributed by atoms with Crippen LogP contribution in [0.15, 0.2) is 54.2 Å². The molecule has 1 aromatic rings. The molecule has 0 unspecified atom stereocenters. The van der Waals surface area contributed by atoms with Gasteiger partial charge in [-0.1, -0.05) is 30.4 Å². The second-order valence-electron chi connectivity index (χ2n) is 6.57. The number of aromatic hydroxyl groups is 1. The number of carbonyl (C=O) groups excluding carboxylic acids is 1. The van der Waals surface area contributed by atoms with Gasteiger partial charge in [-0.25, -0.2) is 0 Å². The maximum atomic E-state index is 12.6. The van der Waals surface area contributed by atoms with Crippen molar-refractivity contribution in [3.05, 3.63) is 59.7 Å². The molecular weight excluding hydrogens is 328 g/mol. The van der Waals surface area contributed by atoms with E-state index in [0.29, 0.717) is 24.4 Å². The number of phenols is 1. The highest BCUT2D eigenvalue weighted by Gasteiger charge is 2.22. The summed E-state index contributed by atoms with van der Waals surface area (Å²) >= 11 is 0. The predicted molar refractivity (Wildman–Crippen MR) is 103 cm³/mol. The Bertz CT molecular complexity index is 729. The largest absolute Gasteiger partial charge is 0.504 e. The lowest BCUT2D eigenvalue weighted by molar-refractivity contribution is 0.0650. The Morgan fingerprint density at radius 2 is 2.04 bits per heavy atom. The molecule has 1 N–H and O–H groups in total. The number of hydrogen-bond acceptors (Lipinski definition) is 4. The Kier molecular flexibility index (Phi) is 6.12. The topological polar surface area (TPSA) is 53.0 Å². The fourth-order valence-electron chi connectivity index (χ4n) is 3.22. The summed E-state index contributed by atoms with van der Waals surface area (Å²) in [6.07, 6.45) is 13.3. The number of amides is 1. The lowest BCUT2D eigenvalue weighted by Crippen LogP contribution is -2.48. The average molecular weight is 354 g/mol. The number of hydrogen-bond donors (Lipinski definition) is 1. The van der Waals surface area contributed by atoms with Gasteiger partial charge < -0.3 is 14.7 Å². The molecule has 3 rings (SSSR count). The Hall–Kier alpha value is -2.53. The van der Waals surface area contributed by atoms with Crippen molar-refractivity contribution in [1.29, 1.82) is 0 Å². The highest BCUT2D eigenvalue weighted by atomic mass is 16.5. The summed E-state index contributed by atoms with van der Waals surface area (Å²) in [5.74, 6) is 0.352. The van der Waals surface area contributed by atoms with Gasteiger partial charge in [-0.3, -0.25) is 9.69 Å². The summed E-state index contributed by atoms with van der Waals surface area (Å²) in [5.41, 5.74) is 1.83. The first kappa shape index (κ1) is 18.3. The van der Waals surface area contributed by atoms with E-state index in [1.54, 1.807) is 12.1 Å². The van der Waals surface area contributed by atoms with Gasteiger partial charge >= 0.3 is 0 Å². The molecular formula is C21H26N2O3. The maximum Gasteiger partial charge on any atom is 0.254 e. The first-order chi connectivity index (χ1) is 12.7. The molecule has 2 aliphatic rings. The second kappa shape index (κ2) is 8.72. The van der Waals surface area contributed by atoms with Crippen molar-refractivity contribution in [2.45, 2.75) is 12.8 Å². The number of carbonyl (C=O) groups is 1. The molecule has 0 bridgehead atoms. The minimum absolute atomic E-state index is 0.0176. The molecule has 1 aliphatic heterocycles. The van der Waals surface area contributed by atoms with E-state index in [1.807, 2.05) is 4.90 Å². The zero-order valence-corrected chi connectivity index (χ0v) is 15.2. The van der Waals surface area contributed by atoms with Crippen molar-refractivity contribution in [3.8, 4) is 11.5 Å². The maximum absolute atomic E-state index is 12.6. The average Bonchev–Trinajstić information content (AvgIpc) is 2.69. The van der Waals surface area contributed by atoms with Crippen LogP contribution in [-0.4, -0.2) is 60.6 Å². The Balaban J connectivity index is 1.50. The van der Waals surface area contributed by atoms with Crippen LogP contribution in [0.2, 0.25) is 0 Å². The number of nitrogens with zero attached hydrogens (tertiary/aromatic N) is 2. The molecule has 0 spiro atoms. The molecule has 138 valence electrons. The van der Waals surface area contributed by atoms with E-state index in [0.717, 1.165) is 32.5 Å². The van der Waals surface area contributed by atoms with Gasteiger partial charge in [0.05, 0.1) is 7.11 Å². The van der Waals surface area contributed by atoms with Crippen LogP contribution in [0.4, 0.5) is 0 Å². The van der Waals surface area contributed by atoms with Crippen LogP contribution in [0.5, 0.6) is 11.5 Å². The third-order valence-electron chi connectivity index (χ3n) is 4.78. The molecule has 0 atom stereocenters. The molecule has 5 heteroatoms. The number of phenolic OH excluding ortho intramolecular Hbond substituents is 1. The normalized spacial score (nSPS) is 18.2. The Labute approximate surface area is 154 Å². The fourth-order valence-corrected chi connectivity index (χ4v) is 3.22. The van der Waals surface area contributed by atoms with Crippen LogP contribution in [0.3, 0.4) is 0 Å². The van der Waals surface area contributed by atoms with Crippen LogP contribution in [0.25, 0.3) is 0 Å². The van der Waals surface area contributed by atoms with E-state index in [4.69, 9.17) is 4.74 Å². The third-order valence-corrected chi connectivity index (χ3v) is 4.78. The molecule has 26 heavy (non-hydrogen) atoms. The standard InChI is InChI=1S/C21H26N2O3/c1-26-20-16-18(9-10-19(20)24)21(25)23-14-12-22(13-15-23)11-5-8-17-6-3-2-4-7-17/h3,5-10,16,24H,2,4,11-15H2,1H3/b8-5+. The van der Waals surface area contributed by atoms with E-state index < -0.39 is 0 Å². The van der Waals surface area contributed by atoms with E-state index in [-0.39, 0.29) is 11.7 Å². The van der Waals surface area contributed by atoms with Crippen molar-refractivity contribution < 1.29 is 14.6 Å². The first-order valence-corrected chi connectivity index (χ1v) is 9.09. The van der Waals surface area contributed by atoms with Crippen molar-refractivity contribution in [2.24, 2.45) is 0 Å². The molecule has 1 aliphatic carbocycles. The van der Waals surface area contributed by atoms with Crippen LogP contribution in [-0.2, 0) is 0 Å². The van der Waals surface area contributed by atoms with Crippen molar-refractivity contribution in [2.75, 3.05) is 39.8 Å². The SMILES string of the molecule is COc1cc(C(=O)N2CCN(C/C=C/C3=CCCC=C3)CC2)ccc1O. The Morgan fingerprint density at radius 3 is 2.73 bits per heavy atom. The molecule has 1 saturated heterocycles. The summed E-state index contributed by atoms with van der Waals surface area (Å²) < 4.78 is 5.09. The van der Waals surface area contributed by atoms with Gasteiger partial charge in [0.1, 0.15) is 0 Å². The van der Waals surface area contributed by atoms with Gasteiger partial charge in [0.2, 0.25) is 0 Å². The van der Waals surface area contributed by atoms with Crippen molar-refractivity contribution in [3.63, 3.8) is 0 Å². The molecule has 0 saturated carbocycles. The van der Waals surface area contributed by atoms with Gasteiger partial charge in [-0.2, -0.15) is 0 Å². The number of piperazine rings is 1. The molecule has 5 nitrogen and oxygen atoms in total. The van der Waals surface area contributed by atoms with Crippen molar-refractivity contribution >= 4 is 5.91 Å². The fraction of sp³-hybridized carbons (Fsp3) is 0.381. The van der Waals surface area contributed by atoms with Gasteiger partial charge in [-0.15, -0.1) is 0 Å². The summed E-state index contributed by atoms with van der Waals surface area (Å²) in [5, 5.41) is 9.67. The lowest BCUT2D eigenvalue weighted by atomic mass is 10.1. The smallest absolute Gasteiger partial charge is 0.254 e. The summed E-state index contributed by atoms with van der Waals surface area (Å²) in [6.45, 7) is 4.04. The molecule has 1 fully saturated rings. The molecule has 1 heterocycles. The monoisotopic (exact) mass is 354 g/mol. The second-order valence-corrected chi connectivity index (χ2v) is 6.57. The minimum atomic E-state index is -0.0176. The van der Waals surface area contributed by atoms with Gasteiger partial charge in [0, 0.05) is 38.3 Å². The van der Waals surface area contributed by atoms with E-state index >= 15 is 0 Å². The number of methoxy groups -OCH3 is 1. The van der Waals surface area contributed by atoms with Crippen LogP contribution in [0.1, 0.15) is 23.2 Å². The number of benzene rings is 1. The minimum Gasteiger partial charge on any atom is -0.504 e. The molecule has 0 radical (unpaired) electrons. The highest BCUT2D eigenvalue weighted by molar-refractivity contribution is 5.95. The van der Waals surface area contributed by atoms with Gasteiger partial charge in [0.25, 0.3) is 5.91 Å². The van der Waals surface area contributed by atoms with Crippen LogP contribution < -0.4 is 4.74 Å². The third kappa shape index (κ3) is 4.55. The zero-order valence-electron chi connectivity index (χ0n) is 15.2. The summed E-state index contributed by atoms with van der Waals surface area (Å²) in [6, 6.07) is 4.74. The van der Waals surface area contributed by atoms with E-state index in [1.165, 1.54) is 18.7 Å². The first-order valence-electron chi connectivity index (χ1n) is 9.09. The van der Waals surface area contributed by atoms with Gasteiger partial charge in [0.15, 0.2) is 11.5 Å². The molecule has 0 aromatic heterocycles. The quantitative estimate of drug-likeness (QED) is 0.883. The summed E-state index contributed by atoms with van der Waals surface area (Å²) in [7, 11) is 1.48. The zero-order chi connectivity index (χ0) is 18.4. The molecule has 1 aromatic carbocycles. The summed E-state index contributed by atoms with van der Waals surface area (Å²) in [4.78, 5) is 16.9. The van der Waals surface area contributed by atoms with E-state index in [9.17, 15) is 9.90 Å². The van der Waals surface area contributed by atoms with E-state index in [2.05, 4.69) is 35.3 Å². The lowest BCUT2D eigenvalue weighted by Gasteiger charge is -2.34. The number of rotatable bonds is 5. The van der Waals surface area contributed by atoms with Gasteiger partial charge in [-0.05, 0) is 36.6 Å². The number of ether oxygens (including phenoxy) is 1. The van der Waals surface area contributed by atoms with Crippen LogP contribution >= 0.6 is 0 Å². The van der Waals surface area contributed by atoms with Crippen LogP contribution in [0, 0.1) is 0 Å². The predicted octanol–water partition coefficient (Wildman–Crippen LogP) is 2.99. The molecule has 1 amide bonds. The highest BCUT2D eigenvalue weighted by Crippen LogP contribution is 2.27. The van der Waals surface area contributed by atoms with Crippen molar-refractivity contribution in [1.82, 2.24) is 9.80 Å². The Morgan fingerprint density at radius 1 is 1.23 bits per heavy atom. The number of allylic oxidation sites excluding steroid dienone is 5.